The Hall–Kier alpha value is -2.74. The number of anilines is 1. The first-order valence-corrected chi connectivity index (χ1v) is 10.6. The van der Waals surface area contributed by atoms with Crippen LogP contribution in [0, 0.1) is 0 Å². The Morgan fingerprint density at radius 3 is 2.52 bits per heavy atom. The lowest BCUT2D eigenvalue weighted by atomic mass is 10.2. The smallest absolute Gasteiger partial charge is 0.224 e. The minimum atomic E-state index is 0.296. The first kappa shape index (κ1) is 18.3. The minimum absolute atomic E-state index is 0.296. The fourth-order valence-electron chi connectivity index (χ4n) is 4.29. The van der Waals surface area contributed by atoms with Crippen LogP contribution in [-0.4, -0.2) is 68.7 Å². The molecule has 0 amide bonds. The Morgan fingerprint density at radius 1 is 0.931 bits per heavy atom. The van der Waals surface area contributed by atoms with E-state index in [1.54, 1.807) is 23.5 Å². The van der Waals surface area contributed by atoms with Gasteiger partial charge in [-0.25, -0.2) is 9.97 Å². The van der Waals surface area contributed by atoms with Crippen molar-refractivity contribution < 1.29 is 4.74 Å². The van der Waals surface area contributed by atoms with Gasteiger partial charge in [-0.2, -0.15) is 15.0 Å². The maximum absolute atomic E-state index is 6.22. The van der Waals surface area contributed by atoms with E-state index in [4.69, 9.17) is 4.74 Å². The second kappa shape index (κ2) is 8.32. The highest BCUT2D eigenvalue weighted by Gasteiger charge is 2.20. The van der Waals surface area contributed by atoms with E-state index in [0.29, 0.717) is 6.10 Å². The van der Waals surface area contributed by atoms with E-state index in [9.17, 15) is 0 Å². The zero-order valence-corrected chi connectivity index (χ0v) is 16.7. The van der Waals surface area contributed by atoms with Gasteiger partial charge >= 0.3 is 0 Å². The second-order valence-corrected chi connectivity index (χ2v) is 7.86. The van der Waals surface area contributed by atoms with Crippen molar-refractivity contribution in [1.82, 2.24) is 29.9 Å². The fraction of sp³-hybridized carbons (Fsp3) is 0.524. The maximum atomic E-state index is 6.22. The first-order chi connectivity index (χ1) is 14.3. The monoisotopic (exact) mass is 393 g/mol. The molecule has 1 aliphatic carbocycles. The molecule has 1 saturated carbocycles. The number of benzene rings is 1. The molecule has 0 atom stereocenters. The lowest BCUT2D eigenvalue weighted by Gasteiger charge is -2.36. The molecule has 0 radical (unpaired) electrons. The van der Waals surface area contributed by atoms with E-state index in [1.807, 2.05) is 0 Å². The van der Waals surface area contributed by atoms with Crippen LogP contribution < -0.4 is 9.64 Å². The average molecular weight is 393 g/mol. The number of aromatic nitrogens is 5. The molecule has 8 nitrogen and oxygen atoms in total. The van der Waals surface area contributed by atoms with Gasteiger partial charge in [0.15, 0.2) is 0 Å². The molecule has 2 fully saturated rings. The van der Waals surface area contributed by atoms with Gasteiger partial charge in [-0.1, -0.05) is 0 Å². The third-order valence-electron chi connectivity index (χ3n) is 5.98. The summed E-state index contributed by atoms with van der Waals surface area (Å²) in [4.78, 5) is 15.5. The maximum Gasteiger partial charge on any atom is 0.224 e. The fourth-order valence-corrected chi connectivity index (χ4v) is 4.29. The quantitative estimate of drug-likeness (QED) is 0.637. The highest BCUT2D eigenvalue weighted by Crippen LogP contribution is 2.30. The molecular formula is C21H27N7O. The number of nitrogens with zero attached hydrogens (tertiary/aromatic N) is 7. The SMILES string of the molecule is c1nc(OC2CCCC2)c2cc(N3CCN(CCn4nccn4)CC3)ccc2n1. The predicted octanol–water partition coefficient (Wildman–Crippen LogP) is 2.36. The number of hydrogen-bond donors (Lipinski definition) is 0. The largest absolute Gasteiger partial charge is 0.474 e. The van der Waals surface area contributed by atoms with Crippen LogP contribution in [0.1, 0.15) is 25.7 Å². The van der Waals surface area contributed by atoms with Gasteiger partial charge in [0.25, 0.3) is 0 Å². The summed E-state index contributed by atoms with van der Waals surface area (Å²) in [5.74, 6) is 0.731. The third kappa shape index (κ3) is 4.17. The van der Waals surface area contributed by atoms with Gasteiger partial charge in [0.05, 0.1) is 29.8 Å². The van der Waals surface area contributed by atoms with Crippen molar-refractivity contribution in [2.45, 2.75) is 38.3 Å². The summed E-state index contributed by atoms with van der Waals surface area (Å²) in [7, 11) is 0. The van der Waals surface area contributed by atoms with Crippen LogP contribution in [0.25, 0.3) is 10.9 Å². The van der Waals surface area contributed by atoms with Gasteiger partial charge in [0.1, 0.15) is 12.4 Å². The Balaban J connectivity index is 1.25. The van der Waals surface area contributed by atoms with Crippen LogP contribution in [0.4, 0.5) is 5.69 Å². The summed E-state index contributed by atoms with van der Waals surface area (Å²) >= 11 is 0. The Morgan fingerprint density at radius 2 is 1.72 bits per heavy atom. The second-order valence-electron chi connectivity index (χ2n) is 7.86. The van der Waals surface area contributed by atoms with E-state index in [2.05, 4.69) is 48.2 Å². The summed E-state index contributed by atoms with van der Waals surface area (Å²) in [5, 5.41) is 9.38. The number of piperazine rings is 1. The van der Waals surface area contributed by atoms with Gasteiger partial charge < -0.3 is 9.64 Å². The van der Waals surface area contributed by atoms with Gasteiger partial charge in [-0.15, -0.1) is 0 Å². The lowest BCUT2D eigenvalue weighted by Crippen LogP contribution is -2.47. The molecule has 1 aromatic carbocycles. The zero-order valence-electron chi connectivity index (χ0n) is 16.7. The van der Waals surface area contributed by atoms with E-state index in [0.717, 1.165) is 68.9 Å². The zero-order chi connectivity index (χ0) is 19.5. The van der Waals surface area contributed by atoms with Gasteiger partial charge in [-0.05, 0) is 43.9 Å². The molecule has 0 spiro atoms. The number of hydrogen-bond acceptors (Lipinski definition) is 7. The summed E-state index contributed by atoms with van der Waals surface area (Å²) < 4.78 is 6.22. The summed E-state index contributed by atoms with van der Waals surface area (Å²) in [6.07, 6.45) is 10.1. The standard InChI is InChI=1S/C21H27N7O/c1-2-4-18(3-1)29-21-19-15-17(5-6-20(19)22-16-23-21)27-12-9-26(10-13-27)11-14-28-24-7-8-25-28/h5-8,15-16,18H,1-4,9-14H2. The molecule has 152 valence electrons. The van der Waals surface area contributed by atoms with Crippen molar-refractivity contribution >= 4 is 16.6 Å². The number of fused-ring (bicyclic) bond motifs is 1. The molecule has 2 aliphatic rings. The number of ether oxygens (including phenoxy) is 1. The Labute approximate surface area is 170 Å². The van der Waals surface area contributed by atoms with E-state index < -0.39 is 0 Å². The van der Waals surface area contributed by atoms with E-state index in [1.165, 1.54) is 18.5 Å². The van der Waals surface area contributed by atoms with Crippen LogP contribution in [0.15, 0.2) is 36.9 Å². The molecule has 0 unspecified atom stereocenters. The van der Waals surface area contributed by atoms with Crippen molar-refractivity contribution in [3.63, 3.8) is 0 Å². The molecule has 3 heterocycles. The van der Waals surface area contributed by atoms with Gasteiger partial charge in [-0.3, -0.25) is 4.90 Å². The van der Waals surface area contributed by atoms with Gasteiger partial charge in [0, 0.05) is 38.4 Å². The van der Waals surface area contributed by atoms with Crippen molar-refractivity contribution in [1.29, 1.82) is 0 Å². The van der Waals surface area contributed by atoms with Crippen molar-refractivity contribution in [2.75, 3.05) is 37.6 Å². The molecule has 2 aromatic heterocycles. The Bertz CT molecular complexity index is 931. The molecule has 5 rings (SSSR count). The molecule has 1 saturated heterocycles. The van der Waals surface area contributed by atoms with Gasteiger partial charge in [0.2, 0.25) is 5.88 Å². The normalized spacial score (nSPS) is 18.6. The van der Waals surface area contributed by atoms with Crippen LogP contribution in [0.2, 0.25) is 0 Å². The molecule has 3 aromatic rings. The Kier molecular flexibility index (Phi) is 5.25. The lowest BCUT2D eigenvalue weighted by molar-refractivity contribution is 0.204. The predicted molar refractivity (Wildman–Crippen MR) is 111 cm³/mol. The van der Waals surface area contributed by atoms with Crippen LogP contribution in [-0.2, 0) is 6.54 Å². The summed E-state index contributed by atoms with van der Waals surface area (Å²) in [5.41, 5.74) is 2.17. The van der Waals surface area contributed by atoms with E-state index in [-0.39, 0.29) is 0 Å². The topological polar surface area (TPSA) is 72.2 Å². The molecule has 1 aliphatic heterocycles. The summed E-state index contributed by atoms with van der Waals surface area (Å²) in [6, 6.07) is 6.45. The van der Waals surface area contributed by atoms with Crippen LogP contribution in [0.5, 0.6) is 5.88 Å². The third-order valence-corrected chi connectivity index (χ3v) is 5.98. The first-order valence-electron chi connectivity index (χ1n) is 10.6. The van der Waals surface area contributed by atoms with Crippen molar-refractivity contribution in [3.8, 4) is 5.88 Å². The van der Waals surface area contributed by atoms with E-state index >= 15 is 0 Å². The van der Waals surface area contributed by atoms with Crippen LogP contribution >= 0.6 is 0 Å². The number of rotatable bonds is 6. The highest BCUT2D eigenvalue weighted by molar-refractivity contribution is 5.86. The molecule has 29 heavy (non-hydrogen) atoms. The minimum Gasteiger partial charge on any atom is -0.474 e. The summed E-state index contributed by atoms with van der Waals surface area (Å²) in [6.45, 7) is 5.90. The molecule has 0 bridgehead atoms. The molecule has 0 N–H and O–H groups in total. The highest BCUT2D eigenvalue weighted by atomic mass is 16.5. The molecular weight excluding hydrogens is 366 g/mol. The molecule has 8 heteroatoms. The average Bonchev–Trinajstić information content (AvgIpc) is 3.47. The van der Waals surface area contributed by atoms with Crippen molar-refractivity contribution in [2.24, 2.45) is 0 Å². The van der Waals surface area contributed by atoms with Crippen molar-refractivity contribution in [3.05, 3.63) is 36.9 Å². The van der Waals surface area contributed by atoms with Crippen LogP contribution in [0.3, 0.4) is 0 Å².